The molecule has 0 heterocycles. The largest absolute Gasteiger partial charge is 0.493 e. The molecule has 0 spiro atoms. The van der Waals surface area contributed by atoms with Gasteiger partial charge in [0.15, 0.2) is 23.4 Å². The van der Waals surface area contributed by atoms with Crippen LogP contribution in [-0.4, -0.2) is 25.0 Å². The number of hydrogen-bond acceptors (Lipinski definition) is 5. The number of rotatable bonds is 7. The highest BCUT2D eigenvalue weighted by atomic mass is 35.5. The lowest BCUT2D eigenvalue weighted by atomic mass is 10.2. The van der Waals surface area contributed by atoms with E-state index in [0.29, 0.717) is 16.5 Å². The SMILES string of the molecule is COc1cc(C(=O)O[C@H](C)C(C)=O)ccc1OCc1ccccc1Cl. The molecule has 5 nitrogen and oxygen atoms in total. The van der Waals surface area contributed by atoms with Crippen molar-refractivity contribution in [1.29, 1.82) is 0 Å². The van der Waals surface area contributed by atoms with Crippen molar-refractivity contribution in [2.24, 2.45) is 0 Å². The van der Waals surface area contributed by atoms with Crippen molar-refractivity contribution in [3.63, 3.8) is 0 Å². The standard InChI is InChI=1S/C19H19ClO5/c1-12(21)13(2)25-19(22)14-8-9-17(18(10-14)23-3)24-11-15-6-4-5-7-16(15)20/h4-10,13H,11H2,1-3H3/t13-/m1/s1. The fraction of sp³-hybridized carbons (Fsp3) is 0.263. The maximum Gasteiger partial charge on any atom is 0.338 e. The monoisotopic (exact) mass is 362 g/mol. The molecule has 0 unspecified atom stereocenters. The minimum absolute atomic E-state index is 0.222. The van der Waals surface area contributed by atoms with Crippen molar-refractivity contribution in [2.45, 2.75) is 26.6 Å². The molecule has 2 rings (SSSR count). The summed E-state index contributed by atoms with van der Waals surface area (Å²) in [5.74, 6) is 0.0363. The zero-order valence-electron chi connectivity index (χ0n) is 14.2. The molecular weight excluding hydrogens is 344 g/mol. The Bertz CT molecular complexity index is 772. The second-order valence-corrected chi connectivity index (χ2v) is 5.81. The maximum absolute atomic E-state index is 12.1. The van der Waals surface area contributed by atoms with Crippen molar-refractivity contribution in [2.75, 3.05) is 7.11 Å². The van der Waals surface area contributed by atoms with E-state index in [4.69, 9.17) is 25.8 Å². The molecule has 2 aromatic rings. The molecule has 0 fully saturated rings. The minimum Gasteiger partial charge on any atom is -0.493 e. The van der Waals surface area contributed by atoms with Gasteiger partial charge in [0.2, 0.25) is 0 Å². The summed E-state index contributed by atoms with van der Waals surface area (Å²) in [6, 6.07) is 12.0. The highest BCUT2D eigenvalue weighted by molar-refractivity contribution is 6.31. The lowest BCUT2D eigenvalue weighted by Gasteiger charge is -2.14. The van der Waals surface area contributed by atoms with Gasteiger partial charge in [-0.05, 0) is 38.1 Å². The molecule has 0 radical (unpaired) electrons. The number of Topliss-reactive ketones (excluding diaryl/α,β-unsaturated/α-hetero) is 1. The van der Waals surface area contributed by atoms with Gasteiger partial charge >= 0.3 is 5.97 Å². The number of carbonyl (C=O) groups is 2. The molecule has 0 saturated heterocycles. The van der Waals surface area contributed by atoms with Crippen molar-refractivity contribution >= 4 is 23.4 Å². The highest BCUT2D eigenvalue weighted by Gasteiger charge is 2.17. The van der Waals surface area contributed by atoms with Gasteiger partial charge < -0.3 is 14.2 Å². The van der Waals surface area contributed by atoms with E-state index < -0.39 is 12.1 Å². The topological polar surface area (TPSA) is 61.8 Å². The Balaban J connectivity index is 2.12. The van der Waals surface area contributed by atoms with Gasteiger partial charge in [0.1, 0.15) is 6.61 Å². The Kier molecular flexibility index (Phi) is 6.42. The number of carbonyl (C=O) groups excluding carboxylic acids is 2. The van der Waals surface area contributed by atoms with E-state index in [9.17, 15) is 9.59 Å². The van der Waals surface area contributed by atoms with Crippen molar-refractivity contribution in [3.05, 3.63) is 58.6 Å². The second kappa shape index (κ2) is 8.53. The van der Waals surface area contributed by atoms with Crippen LogP contribution in [0, 0.1) is 0 Å². The van der Waals surface area contributed by atoms with Gasteiger partial charge in [-0.15, -0.1) is 0 Å². The summed E-state index contributed by atoms with van der Waals surface area (Å²) in [6.07, 6.45) is -0.797. The summed E-state index contributed by atoms with van der Waals surface area (Å²) in [4.78, 5) is 23.3. The van der Waals surface area contributed by atoms with E-state index in [0.717, 1.165) is 5.56 Å². The fourth-order valence-corrected chi connectivity index (χ4v) is 2.19. The van der Waals surface area contributed by atoms with Crippen LogP contribution in [0.15, 0.2) is 42.5 Å². The first-order valence-electron chi connectivity index (χ1n) is 7.68. The number of esters is 1. The average molecular weight is 363 g/mol. The van der Waals surface area contributed by atoms with Gasteiger partial charge in [0.05, 0.1) is 12.7 Å². The van der Waals surface area contributed by atoms with Crippen LogP contribution >= 0.6 is 11.6 Å². The van der Waals surface area contributed by atoms with Crippen LogP contribution in [0.25, 0.3) is 0 Å². The maximum atomic E-state index is 12.1. The molecule has 0 aromatic heterocycles. The van der Waals surface area contributed by atoms with Crippen molar-refractivity contribution < 1.29 is 23.8 Å². The summed E-state index contributed by atoms with van der Waals surface area (Å²) in [5, 5.41) is 0.611. The quantitative estimate of drug-likeness (QED) is 0.695. The smallest absolute Gasteiger partial charge is 0.338 e. The van der Waals surface area contributed by atoms with Crippen LogP contribution in [0.4, 0.5) is 0 Å². The summed E-state index contributed by atoms with van der Waals surface area (Å²) in [6.45, 7) is 3.16. The van der Waals surface area contributed by atoms with Gasteiger partial charge in [-0.1, -0.05) is 29.8 Å². The van der Waals surface area contributed by atoms with Crippen LogP contribution in [-0.2, 0) is 16.1 Å². The fourth-order valence-electron chi connectivity index (χ4n) is 2.00. The van der Waals surface area contributed by atoms with E-state index >= 15 is 0 Å². The van der Waals surface area contributed by atoms with E-state index in [2.05, 4.69) is 0 Å². The minimum atomic E-state index is -0.797. The molecule has 0 saturated carbocycles. The Labute approximate surface area is 151 Å². The van der Waals surface area contributed by atoms with Gasteiger partial charge in [-0.2, -0.15) is 0 Å². The van der Waals surface area contributed by atoms with Crippen molar-refractivity contribution in [3.8, 4) is 11.5 Å². The lowest BCUT2D eigenvalue weighted by molar-refractivity contribution is -0.124. The zero-order chi connectivity index (χ0) is 18.4. The predicted octanol–water partition coefficient (Wildman–Crippen LogP) is 4.06. The van der Waals surface area contributed by atoms with Crippen LogP contribution in [0.1, 0.15) is 29.8 Å². The summed E-state index contributed by atoms with van der Waals surface area (Å²) >= 11 is 6.10. The van der Waals surface area contributed by atoms with Crippen LogP contribution in [0.3, 0.4) is 0 Å². The van der Waals surface area contributed by atoms with Crippen molar-refractivity contribution in [1.82, 2.24) is 0 Å². The predicted molar refractivity (Wildman–Crippen MR) is 94.3 cm³/mol. The molecule has 132 valence electrons. The van der Waals surface area contributed by atoms with Gasteiger partial charge in [0, 0.05) is 10.6 Å². The van der Waals surface area contributed by atoms with E-state index in [1.165, 1.54) is 27.0 Å². The Morgan fingerprint density at radius 1 is 1.12 bits per heavy atom. The van der Waals surface area contributed by atoms with Gasteiger partial charge in [-0.25, -0.2) is 4.79 Å². The third kappa shape index (κ3) is 4.97. The van der Waals surface area contributed by atoms with Crippen LogP contribution < -0.4 is 9.47 Å². The number of halogens is 1. The summed E-state index contributed by atoms with van der Waals surface area (Å²) in [5.41, 5.74) is 1.11. The summed E-state index contributed by atoms with van der Waals surface area (Å²) in [7, 11) is 1.48. The molecule has 0 aliphatic rings. The first-order valence-corrected chi connectivity index (χ1v) is 8.06. The number of hydrogen-bond donors (Lipinski definition) is 0. The molecule has 0 N–H and O–H groups in total. The zero-order valence-corrected chi connectivity index (χ0v) is 15.0. The molecule has 1 atom stereocenters. The third-order valence-electron chi connectivity index (χ3n) is 3.60. The van der Waals surface area contributed by atoms with Gasteiger partial charge in [-0.3, -0.25) is 4.79 Å². The molecule has 0 bridgehead atoms. The molecule has 25 heavy (non-hydrogen) atoms. The van der Waals surface area contributed by atoms with E-state index in [1.54, 1.807) is 18.2 Å². The normalized spacial score (nSPS) is 11.5. The van der Waals surface area contributed by atoms with E-state index in [-0.39, 0.29) is 18.0 Å². The third-order valence-corrected chi connectivity index (χ3v) is 3.97. The van der Waals surface area contributed by atoms with Gasteiger partial charge in [0.25, 0.3) is 0 Å². The first-order chi connectivity index (χ1) is 11.9. The molecule has 0 amide bonds. The average Bonchev–Trinajstić information content (AvgIpc) is 2.60. The number of methoxy groups -OCH3 is 1. The van der Waals surface area contributed by atoms with E-state index in [1.807, 2.05) is 18.2 Å². The molecular formula is C19H19ClO5. The molecule has 0 aliphatic heterocycles. The highest BCUT2D eigenvalue weighted by Crippen LogP contribution is 2.30. The summed E-state index contributed by atoms with van der Waals surface area (Å²) < 4.78 is 16.1. The Morgan fingerprint density at radius 3 is 2.48 bits per heavy atom. The number of benzene rings is 2. The Hall–Kier alpha value is -2.53. The second-order valence-electron chi connectivity index (χ2n) is 5.40. The molecule has 0 aliphatic carbocycles. The Morgan fingerprint density at radius 2 is 1.84 bits per heavy atom. The van der Waals surface area contributed by atoms with Crippen LogP contribution in [0.2, 0.25) is 5.02 Å². The lowest BCUT2D eigenvalue weighted by Crippen LogP contribution is -2.21. The number of ketones is 1. The van der Waals surface area contributed by atoms with Crippen LogP contribution in [0.5, 0.6) is 11.5 Å². The number of ether oxygens (including phenoxy) is 3. The first kappa shape index (κ1) is 18.8. The molecule has 6 heteroatoms. The molecule has 2 aromatic carbocycles.